The molecule has 0 radical (unpaired) electrons. The molecule has 0 spiro atoms. The van der Waals surface area contributed by atoms with E-state index in [0.717, 1.165) is 23.4 Å². The number of carbonyl (C=O) groups is 1. The number of anilines is 1. The minimum Gasteiger partial charge on any atom is -0.504 e. The third kappa shape index (κ3) is 4.74. The number of benzene rings is 2. The van der Waals surface area contributed by atoms with Crippen LogP contribution in [-0.4, -0.2) is 41.5 Å². The van der Waals surface area contributed by atoms with E-state index < -0.39 is 23.2 Å². The number of rotatable bonds is 5. The number of phenolic OH excluding ortho intramolecular Hbond substituents is 3. The molecular formula is C18H19N3O4. The summed E-state index contributed by atoms with van der Waals surface area (Å²) >= 11 is 0. The molecule has 4 N–H and O–H groups in total. The fourth-order valence-corrected chi connectivity index (χ4v) is 1.98. The van der Waals surface area contributed by atoms with Gasteiger partial charge in [-0.05, 0) is 35.9 Å². The van der Waals surface area contributed by atoms with Gasteiger partial charge in [-0.15, -0.1) is 0 Å². The summed E-state index contributed by atoms with van der Waals surface area (Å²) in [7, 11) is 3.93. The Morgan fingerprint density at radius 1 is 1.08 bits per heavy atom. The zero-order chi connectivity index (χ0) is 18.4. The highest BCUT2D eigenvalue weighted by Crippen LogP contribution is 2.35. The summed E-state index contributed by atoms with van der Waals surface area (Å²) in [5, 5.41) is 31.7. The number of amides is 1. The highest BCUT2D eigenvalue weighted by Gasteiger charge is 2.12. The van der Waals surface area contributed by atoms with Crippen LogP contribution in [0.3, 0.4) is 0 Å². The Morgan fingerprint density at radius 3 is 2.24 bits per heavy atom. The van der Waals surface area contributed by atoms with Gasteiger partial charge >= 0.3 is 0 Å². The van der Waals surface area contributed by atoms with Crippen LogP contribution >= 0.6 is 0 Å². The van der Waals surface area contributed by atoms with Crippen LogP contribution in [0.1, 0.15) is 15.9 Å². The van der Waals surface area contributed by atoms with Gasteiger partial charge in [0, 0.05) is 31.6 Å². The second-order valence-corrected chi connectivity index (χ2v) is 5.43. The molecule has 0 bridgehead atoms. The second-order valence-electron chi connectivity index (χ2n) is 5.43. The average molecular weight is 341 g/mol. The molecule has 0 aromatic heterocycles. The van der Waals surface area contributed by atoms with Crippen molar-refractivity contribution in [2.75, 3.05) is 19.0 Å². The Labute approximate surface area is 145 Å². The van der Waals surface area contributed by atoms with E-state index in [2.05, 4.69) is 10.5 Å². The largest absolute Gasteiger partial charge is 0.504 e. The standard InChI is InChI=1S/C18H19N3O4/c1-21(2)14-7-5-12(6-8-14)4-3-9-19-20-18(25)13-10-15(22)17(24)16(23)11-13/h3-11,22-24H,1-2H3,(H,20,25)/b4-3+,19-9+. The van der Waals surface area contributed by atoms with E-state index in [1.807, 2.05) is 49.3 Å². The number of aromatic hydroxyl groups is 3. The number of hydrazone groups is 1. The van der Waals surface area contributed by atoms with Crippen molar-refractivity contribution in [3.05, 3.63) is 53.6 Å². The molecule has 0 heterocycles. The van der Waals surface area contributed by atoms with Gasteiger partial charge in [0.15, 0.2) is 17.2 Å². The molecule has 0 atom stereocenters. The Balaban J connectivity index is 1.93. The van der Waals surface area contributed by atoms with E-state index in [1.165, 1.54) is 6.21 Å². The van der Waals surface area contributed by atoms with Gasteiger partial charge < -0.3 is 20.2 Å². The van der Waals surface area contributed by atoms with E-state index in [9.17, 15) is 20.1 Å². The minimum absolute atomic E-state index is 0.0341. The smallest absolute Gasteiger partial charge is 0.271 e. The summed E-state index contributed by atoms with van der Waals surface area (Å²) < 4.78 is 0. The lowest BCUT2D eigenvalue weighted by molar-refractivity contribution is 0.0954. The predicted octanol–water partition coefficient (Wildman–Crippen LogP) is 2.30. The van der Waals surface area contributed by atoms with Crippen molar-refractivity contribution in [1.82, 2.24) is 5.43 Å². The summed E-state index contributed by atoms with van der Waals surface area (Å²) in [6.07, 6.45) is 4.89. The molecule has 0 aliphatic carbocycles. The molecule has 0 fully saturated rings. The summed E-state index contributed by atoms with van der Waals surface area (Å²) in [5.74, 6) is -2.49. The maximum absolute atomic E-state index is 11.8. The minimum atomic E-state index is -0.678. The van der Waals surface area contributed by atoms with Gasteiger partial charge in [-0.1, -0.05) is 18.2 Å². The zero-order valence-corrected chi connectivity index (χ0v) is 13.8. The lowest BCUT2D eigenvalue weighted by atomic mass is 10.2. The fourth-order valence-electron chi connectivity index (χ4n) is 1.98. The van der Waals surface area contributed by atoms with Crippen LogP contribution in [0.2, 0.25) is 0 Å². The number of nitrogens with zero attached hydrogens (tertiary/aromatic N) is 2. The van der Waals surface area contributed by atoms with Crippen molar-refractivity contribution in [1.29, 1.82) is 0 Å². The second kappa shape index (κ2) is 7.87. The van der Waals surface area contributed by atoms with Crippen LogP contribution in [0, 0.1) is 0 Å². The number of phenols is 3. The summed E-state index contributed by atoms with van der Waals surface area (Å²) in [5.41, 5.74) is 4.30. The summed E-state index contributed by atoms with van der Waals surface area (Å²) in [6.45, 7) is 0. The molecule has 0 saturated heterocycles. The first-order valence-electron chi connectivity index (χ1n) is 7.41. The number of hydrogen-bond acceptors (Lipinski definition) is 6. The first-order valence-corrected chi connectivity index (χ1v) is 7.41. The van der Waals surface area contributed by atoms with Gasteiger partial charge in [0.1, 0.15) is 0 Å². The Kier molecular flexibility index (Phi) is 5.62. The van der Waals surface area contributed by atoms with E-state index >= 15 is 0 Å². The van der Waals surface area contributed by atoms with Gasteiger partial charge in [-0.3, -0.25) is 4.79 Å². The van der Waals surface area contributed by atoms with Crippen LogP contribution < -0.4 is 10.3 Å². The van der Waals surface area contributed by atoms with Gasteiger partial charge in [0.2, 0.25) is 0 Å². The lowest BCUT2D eigenvalue weighted by Crippen LogP contribution is -2.17. The van der Waals surface area contributed by atoms with Crippen molar-refractivity contribution >= 4 is 23.9 Å². The fraction of sp³-hybridized carbons (Fsp3) is 0.111. The van der Waals surface area contributed by atoms with Crippen LogP contribution in [0.15, 0.2) is 47.6 Å². The predicted molar refractivity (Wildman–Crippen MR) is 97.2 cm³/mol. The molecule has 2 aromatic carbocycles. The molecule has 2 rings (SSSR count). The van der Waals surface area contributed by atoms with Crippen LogP contribution in [0.25, 0.3) is 6.08 Å². The highest BCUT2D eigenvalue weighted by atomic mass is 16.3. The van der Waals surface area contributed by atoms with Crippen LogP contribution in [0.5, 0.6) is 17.2 Å². The average Bonchev–Trinajstić information content (AvgIpc) is 2.59. The molecular weight excluding hydrogens is 322 g/mol. The van der Waals surface area contributed by atoms with Crippen molar-refractivity contribution in [3.63, 3.8) is 0 Å². The number of allylic oxidation sites excluding steroid dienone is 1. The van der Waals surface area contributed by atoms with Crippen molar-refractivity contribution in [2.45, 2.75) is 0 Å². The van der Waals surface area contributed by atoms with E-state index in [0.29, 0.717) is 0 Å². The molecule has 130 valence electrons. The molecule has 0 unspecified atom stereocenters. The summed E-state index contributed by atoms with van der Waals surface area (Å²) in [4.78, 5) is 13.8. The molecule has 1 amide bonds. The van der Waals surface area contributed by atoms with Gasteiger partial charge in [0.05, 0.1) is 0 Å². The third-order valence-corrected chi connectivity index (χ3v) is 3.36. The number of carbonyl (C=O) groups excluding carboxylic acids is 1. The van der Waals surface area contributed by atoms with Crippen molar-refractivity contribution in [2.24, 2.45) is 5.10 Å². The molecule has 25 heavy (non-hydrogen) atoms. The van der Waals surface area contributed by atoms with Crippen LogP contribution in [0.4, 0.5) is 5.69 Å². The van der Waals surface area contributed by atoms with Crippen molar-refractivity contribution < 1.29 is 20.1 Å². The lowest BCUT2D eigenvalue weighted by Gasteiger charge is -2.11. The molecule has 2 aromatic rings. The normalized spacial score (nSPS) is 11.1. The molecule has 7 heteroatoms. The molecule has 0 aliphatic heterocycles. The number of hydrogen-bond donors (Lipinski definition) is 4. The SMILES string of the molecule is CN(C)c1ccc(/C=C/C=N/NC(=O)c2cc(O)c(O)c(O)c2)cc1. The zero-order valence-electron chi connectivity index (χ0n) is 13.8. The van der Waals surface area contributed by atoms with Gasteiger partial charge in [-0.25, -0.2) is 5.43 Å². The third-order valence-electron chi connectivity index (χ3n) is 3.36. The van der Waals surface area contributed by atoms with Crippen molar-refractivity contribution in [3.8, 4) is 17.2 Å². The number of nitrogens with one attached hydrogen (secondary N) is 1. The summed E-state index contributed by atoms with van der Waals surface area (Å²) in [6, 6.07) is 9.95. The molecule has 7 nitrogen and oxygen atoms in total. The van der Waals surface area contributed by atoms with Crippen LogP contribution in [-0.2, 0) is 0 Å². The molecule has 0 aliphatic rings. The topological polar surface area (TPSA) is 105 Å². The van der Waals surface area contributed by atoms with E-state index in [-0.39, 0.29) is 5.56 Å². The first kappa shape index (κ1) is 17.9. The highest BCUT2D eigenvalue weighted by molar-refractivity contribution is 5.96. The molecule has 0 saturated carbocycles. The monoisotopic (exact) mass is 341 g/mol. The first-order chi connectivity index (χ1) is 11.9. The Morgan fingerprint density at radius 2 is 1.68 bits per heavy atom. The van der Waals surface area contributed by atoms with Gasteiger partial charge in [0.25, 0.3) is 5.91 Å². The quantitative estimate of drug-likeness (QED) is 0.379. The maximum Gasteiger partial charge on any atom is 0.271 e. The maximum atomic E-state index is 11.8. The Hall–Kier alpha value is -3.48. The Bertz CT molecular complexity index is 789. The van der Waals surface area contributed by atoms with E-state index in [1.54, 1.807) is 6.08 Å². The van der Waals surface area contributed by atoms with Gasteiger partial charge in [-0.2, -0.15) is 5.10 Å². The van der Waals surface area contributed by atoms with E-state index in [4.69, 9.17) is 0 Å².